The van der Waals surface area contributed by atoms with Gasteiger partial charge in [-0.3, -0.25) is 13.9 Å². The van der Waals surface area contributed by atoms with E-state index < -0.39 is 34.3 Å². The molecule has 0 bridgehead atoms. The van der Waals surface area contributed by atoms with Gasteiger partial charge >= 0.3 is 0 Å². The van der Waals surface area contributed by atoms with Crippen LogP contribution in [-0.2, 0) is 26.2 Å². The third-order valence-corrected chi connectivity index (χ3v) is 9.62. The van der Waals surface area contributed by atoms with E-state index in [1.165, 1.54) is 29.2 Å². The third-order valence-electron chi connectivity index (χ3n) is 7.83. The van der Waals surface area contributed by atoms with Crippen molar-refractivity contribution in [1.82, 2.24) is 10.2 Å². The zero-order chi connectivity index (χ0) is 31.0. The van der Waals surface area contributed by atoms with Gasteiger partial charge in [-0.2, -0.15) is 0 Å². The van der Waals surface area contributed by atoms with Crippen LogP contribution in [0.3, 0.4) is 0 Å². The maximum absolute atomic E-state index is 14.2. The molecule has 4 rings (SSSR count). The summed E-state index contributed by atoms with van der Waals surface area (Å²) in [7, 11) is -2.68. The molecule has 43 heavy (non-hydrogen) atoms. The van der Waals surface area contributed by atoms with Crippen molar-refractivity contribution in [2.75, 3.05) is 18.0 Å². The van der Waals surface area contributed by atoms with Gasteiger partial charge in [0.25, 0.3) is 10.0 Å². The minimum Gasteiger partial charge on any atom is -0.497 e. The van der Waals surface area contributed by atoms with E-state index in [1.54, 1.807) is 37.4 Å². The predicted molar refractivity (Wildman–Crippen MR) is 165 cm³/mol. The molecule has 3 aromatic rings. The number of amides is 2. The highest BCUT2D eigenvalue weighted by Crippen LogP contribution is 2.26. The highest BCUT2D eigenvalue weighted by molar-refractivity contribution is 7.92. The number of nitrogens with one attached hydrogen (secondary N) is 1. The molecule has 10 heteroatoms. The molecule has 0 spiro atoms. The fourth-order valence-corrected chi connectivity index (χ4v) is 6.82. The van der Waals surface area contributed by atoms with Crippen LogP contribution in [0.25, 0.3) is 0 Å². The molecule has 2 amide bonds. The number of hydrogen-bond acceptors (Lipinski definition) is 5. The number of halogens is 1. The Morgan fingerprint density at radius 3 is 2.30 bits per heavy atom. The summed E-state index contributed by atoms with van der Waals surface area (Å²) in [5.41, 5.74) is 1.74. The van der Waals surface area contributed by atoms with Crippen LogP contribution in [0.5, 0.6) is 5.75 Å². The average molecular weight is 610 g/mol. The third kappa shape index (κ3) is 8.13. The van der Waals surface area contributed by atoms with Crippen LogP contribution in [0.1, 0.15) is 56.6 Å². The van der Waals surface area contributed by atoms with Crippen molar-refractivity contribution in [2.45, 2.75) is 75.9 Å². The molecular formula is C33H40FN3O5S. The largest absolute Gasteiger partial charge is 0.497 e. The van der Waals surface area contributed by atoms with Gasteiger partial charge < -0.3 is 15.0 Å². The second-order valence-corrected chi connectivity index (χ2v) is 12.8. The smallest absolute Gasteiger partial charge is 0.264 e. The average Bonchev–Trinajstić information content (AvgIpc) is 3.01. The van der Waals surface area contributed by atoms with Gasteiger partial charge in [0.1, 0.15) is 24.2 Å². The first kappa shape index (κ1) is 32.0. The minimum atomic E-state index is -4.23. The van der Waals surface area contributed by atoms with E-state index >= 15 is 0 Å². The molecule has 1 aliphatic carbocycles. The zero-order valence-electron chi connectivity index (χ0n) is 25.0. The van der Waals surface area contributed by atoms with Gasteiger partial charge in [0.15, 0.2) is 0 Å². The molecule has 0 unspecified atom stereocenters. The lowest BCUT2D eigenvalue weighted by molar-refractivity contribution is -0.140. The lowest BCUT2D eigenvalue weighted by atomic mass is 9.95. The first-order valence-corrected chi connectivity index (χ1v) is 16.1. The van der Waals surface area contributed by atoms with Crippen LogP contribution in [0, 0.1) is 12.7 Å². The number of hydrogen-bond donors (Lipinski definition) is 1. The van der Waals surface area contributed by atoms with Gasteiger partial charge in [0, 0.05) is 12.6 Å². The molecule has 1 fully saturated rings. The van der Waals surface area contributed by atoms with Gasteiger partial charge in [-0.1, -0.05) is 56.0 Å². The highest BCUT2D eigenvalue weighted by atomic mass is 32.2. The highest BCUT2D eigenvalue weighted by Gasteiger charge is 2.34. The molecule has 230 valence electrons. The van der Waals surface area contributed by atoms with Crippen molar-refractivity contribution < 1.29 is 27.1 Å². The van der Waals surface area contributed by atoms with Crippen LogP contribution in [0.15, 0.2) is 77.7 Å². The number of carbonyl (C=O) groups excluding carboxylic acids is 2. The predicted octanol–water partition coefficient (Wildman–Crippen LogP) is 5.59. The van der Waals surface area contributed by atoms with Crippen LogP contribution in [-0.4, -0.2) is 50.9 Å². The van der Waals surface area contributed by atoms with Gasteiger partial charge in [-0.15, -0.1) is 0 Å². The van der Waals surface area contributed by atoms with Crippen molar-refractivity contribution in [3.8, 4) is 5.75 Å². The Morgan fingerprint density at radius 1 is 1.00 bits per heavy atom. The molecule has 1 aliphatic rings. The molecule has 1 N–H and O–H groups in total. The van der Waals surface area contributed by atoms with Gasteiger partial charge in [0.05, 0.1) is 17.7 Å². The number of carbonyl (C=O) groups is 2. The van der Waals surface area contributed by atoms with E-state index in [0.717, 1.165) is 59.7 Å². The molecule has 0 aliphatic heterocycles. The SMILES string of the molecule is CC[C@@H](C(=O)NC1CCCCC1)N(Cc1cccc(OC)c1)C(=O)CN(c1ccc(F)cc1)S(=O)(=O)c1ccc(C)cc1. The summed E-state index contributed by atoms with van der Waals surface area (Å²) < 4.78 is 48.0. The molecule has 0 saturated heterocycles. The number of anilines is 1. The minimum absolute atomic E-state index is 0.00310. The number of benzene rings is 3. The summed E-state index contributed by atoms with van der Waals surface area (Å²) in [6.45, 7) is 3.16. The molecule has 0 heterocycles. The van der Waals surface area contributed by atoms with Gasteiger partial charge in [-0.05, 0) is 80.3 Å². The van der Waals surface area contributed by atoms with Crippen LogP contribution >= 0.6 is 0 Å². The number of ether oxygens (including phenoxy) is 1. The Kier molecular flexibility index (Phi) is 10.8. The van der Waals surface area contributed by atoms with Crippen LogP contribution < -0.4 is 14.4 Å². The molecule has 1 atom stereocenters. The molecule has 8 nitrogen and oxygen atoms in total. The second kappa shape index (κ2) is 14.5. The van der Waals surface area contributed by atoms with E-state index in [9.17, 15) is 22.4 Å². The Hall–Kier alpha value is -3.92. The summed E-state index contributed by atoms with van der Waals surface area (Å²) in [6, 6.07) is 17.7. The number of sulfonamides is 1. The second-order valence-electron chi connectivity index (χ2n) is 10.9. The monoisotopic (exact) mass is 609 g/mol. The topological polar surface area (TPSA) is 96.0 Å². The van der Waals surface area contributed by atoms with E-state index in [4.69, 9.17) is 4.74 Å². The van der Waals surface area contributed by atoms with Crippen molar-refractivity contribution in [3.05, 3.63) is 89.7 Å². The molecule has 1 saturated carbocycles. The first-order valence-electron chi connectivity index (χ1n) is 14.7. The quantitative estimate of drug-likeness (QED) is 0.289. The standard InChI is InChI=1S/C33H40FN3O5S/c1-4-31(33(39)35-27-10-6-5-7-11-27)36(22-25-9-8-12-29(21-25)42-3)32(38)23-37(28-17-15-26(34)16-18-28)43(40,41)30-19-13-24(2)14-20-30/h8-9,12-21,27,31H,4-7,10-11,22-23H2,1-3H3,(H,35,39)/t31-/m0/s1. The van der Waals surface area contributed by atoms with Crippen molar-refractivity contribution in [3.63, 3.8) is 0 Å². The van der Waals surface area contributed by atoms with Crippen LogP contribution in [0.2, 0.25) is 0 Å². The van der Waals surface area contributed by atoms with Gasteiger partial charge in [-0.25, -0.2) is 12.8 Å². The fraction of sp³-hybridized carbons (Fsp3) is 0.394. The summed E-state index contributed by atoms with van der Waals surface area (Å²) in [4.78, 5) is 29.3. The zero-order valence-corrected chi connectivity index (χ0v) is 25.8. The number of aryl methyl sites for hydroxylation is 1. The van der Waals surface area contributed by atoms with E-state index in [2.05, 4.69) is 5.32 Å². The number of nitrogens with zero attached hydrogens (tertiary/aromatic N) is 2. The number of methoxy groups -OCH3 is 1. The normalized spacial score (nSPS) is 14.5. The Bertz CT molecular complexity index is 1490. The molecule has 3 aromatic carbocycles. The summed E-state index contributed by atoms with van der Waals surface area (Å²) in [5.74, 6) is -0.763. The first-order chi connectivity index (χ1) is 20.6. The summed E-state index contributed by atoms with van der Waals surface area (Å²) in [6.07, 6.45) is 5.32. The van der Waals surface area contributed by atoms with Crippen molar-refractivity contribution in [1.29, 1.82) is 0 Å². The molecular weight excluding hydrogens is 569 g/mol. The van der Waals surface area contributed by atoms with E-state index in [1.807, 2.05) is 19.9 Å². The molecule has 0 radical (unpaired) electrons. The lowest BCUT2D eigenvalue weighted by Crippen LogP contribution is -2.54. The van der Waals surface area contributed by atoms with E-state index in [-0.39, 0.29) is 29.1 Å². The summed E-state index contributed by atoms with van der Waals surface area (Å²) >= 11 is 0. The Balaban J connectivity index is 1.71. The van der Waals surface area contributed by atoms with Gasteiger partial charge in [0.2, 0.25) is 11.8 Å². The summed E-state index contributed by atoms with van der Waals surface area (Å²) in [5, 5.41) is 3.14. The Labute approximate surface area is 253 Å². The lowest BCUT2D eigenvalue weighted by Gasteiger charge is -2.34. The fourth-order valence-electron chi connectivity index (χ4n) is 5.40. The maximum atomic E-state index is 14.2. The van der Waals surface area contributed by atoms with E-state index in [0.29, 0.717) is 12.2 Å². The Morgan fingerprint density at radius 2 is 1.67 bits per heavy atom. The molecule has 0 aromatic heterocycles. The maximum Gasteiger partial charge on any atom is 0.264 e. The van der Waals surface area contributed by atoms with Crippen molar-refractivity contribution in [2.24, 2.45) is 0 Å². The number of rotatable bonds is 12. The van der Waals surface area contributed by atoms with Crippen LogP contribution in [0.4, 0.5) is 10.1 Å². The van der Waals surface area contributed by atoms with Crippen molar-refractivity contribution >= 4 is 27.5 Å².